The summed E-state index contributed by atoms with van der Waals surface area (Å²) in [5, 5.41) is 5.17. The fourth-order valence-corrected chi connectivity index (χ4v) is 2.26. The van der Waals surface area contributed by atoms with Gasteiger partial charge < -0.3 is 20.1 Å². The number of hydrogen-bond donors (Lipinski definition) is 2. The maximum absolute atomic E-state index is 12.2. The molecule has 26 heavy (non-hydrogen) atoms. The van der Waals surface area contributed by atoms with E-state index in [2.05, 4.69) is 10.6 Å². The largest absolute Gasteiger partial charge is 0.493 e. The predicted molar refractivity (Wildman–Crippen MR) is 97.0 cm³/mol. The Bertz CT molecular complexity index is 832. The highest BCUT2D eigenvalue weighted by atomic mass is 16.5. The van der Waals surface area contributed by atoms with Gasteiger partial charge in [-0.15, -0.1) is 0 Å². The average Bonchev–Trinajstić information content (AvgIpc) is 2.65. The van der Waals surface area contributed by atoms with E-state index >= 15 is 0 Å². The fraction of sp³-hybridized carbons (Fsp3) is 0.211. The van der Waals surface area contributed by atoms with Crippen LogP contribution in [-0.2, 0) is 4.79 Å². The molecule has 2 amide bonds. The van der Waals surface area contributed by atoms with Crippen molar-refractivity contribution in [2.45, 2.75) is 6.92 Å². The van der Waals surface area contributed by atoms with Gasteiger partial charge in [-0.1, -0.05) is 12.1 Å². The van der Waals surface area contributed by atoms with E-state index in [1.807, 2.05) is 0 Å². The summed E-state index contributed by atoms with van der Waals surface area (Å²) >= 11 is 0. The lowest BCUT2D eigenvalue weighted by Crippen LogP contribution is -2.32. The summed E-state index contributed by atoms with van der Waals surface area (Å²) in [6.45, 7) is 1.24. The molecule has 0 atom stereocenters. The van der Waals surface area contributed by atoms with Crippen molar-refractivity contribution in [1.29, 1.82) is 0 Å². The molecule has 0 aliphatic heterocycles. The standard InChI is InChI=1S/C19H20N2O5/c1-12(22)13-5-4-6-15(9-13)21-18(23)11-20-19(24)14-7-8-16(25-2)17(10-14)26-3/h4-10H,11H2,1-3H3,(H,20,24)(H,21,23). The smallest absolute Gasteiger partial charge is 0.251 e. The highest BCUT2D eigenvalue weighted by Gasteiger charge is 2.12. The van der Waals surface area contributed by atoms with Crippen molar-refractivity contribution < 1.29 is 23.9 Å². The van der Waals surface area contributed by atoms with Gasteiger partial charge in [0, 0.05) is 16.8 Å². The topological polar surface area (TPSA) is 93.7 Å². The van der Waals surface area contributed by atoms with Crippen LogP contribution in [0.3, 0.4) is 0 Å². The van der Waals surface area contributed by atoms with E-state index in [1.54, 1.807) is 36.4 Å². The molecule has 0 spiro atoms. The van der Waals surface area contributed by atoms with E-state index in [0.717, 1.165) is 0 Å². The van der Waals surface area contributed by atoms with Gasteiger partial charge in [0.1, 0.15) is 0 Å². The zero-order valence-corrected chi connectivity index (χ0v) is 14.8. The van der Waals surface area contributed by atoms with Crippen LogP contribution < -0.4 is 20.1 Å². The lowest BCUT2D eigenvalue weighted by Gasteiger charge is -2.10. The number of ether oxygens (including phenoxy) is 2. The van der Waals surface area contributed by atoms with Crippen LogP contribution in [0.25, 0.3) is 0 Å². The van der Waals surface area contributed by atoms with Gasteiger partial charge in [0.05, 0.1) is 20.8 Å². The molecule has 0 bridgehead atoms. The SMILES string of the molecule is COc1ccc(C(=O)NCC(=O)Nc2cccc(C(C)=O)c2)cc1OC. The fourth-order valence-electron chi connectivity index (χ4n) is 2.26. The minimum Gasteiger partial charge on any atom is -0.493 e. The first kappa shape index (κ1) is 19.0. The lowest BCUT2D eigenvalue weighted by molar-refractivity contribution is -0.115. The first-order valence-corrected chi connectivity index (χ1v) is 7.85. The number of carbonyl (C=O) groups is 3. The number of anilines is 1. The van der Waals surface area contributed by atoms with Crippen LogP contribution in [0.5, 0.6) is 11.5 Å². The summed E-state index contributed by atoms with van der Waals surface area (Å²) in [6, 6.07) is 11.3. The van der Waals surface area contributed by atoms with Gasteiger partial charge in [0.15, 0.2) is 17.3 Å². The van der Waals surface area contributed by atoms with Crippen LogP contribution >= 0.6 is 0 Å². The Balaban J connectivity index is 1.95. The van der Waals surface area contributed by atoms with E-state index in [4.69, 9.17) is 9.47 Å². The lowest BCUT2D eigenvalue weighted by atomic mass is 10.1. The Hall–Kier alpha value is -3.35. The molecule has 0 unspecified atom stereocenters. The predicted octanol–water partition coefficient (Wildman–Crippen LogP) is 2.27. The Labute approximate surface area is 151 Å². The number of Topliss-reactive ketones (excluding diaryl/α,β-unsaturated/α-hetero) is 1. The second kappa shape index (κ2) is 8.66. The highest BCUT2D eigenvalue weighted by Crippen LogP contribution is 2.27. The summed E-state index contributed by atoms with van der Waals surface area (Å²) in [5.41, 5.74) is 1.33. The van der Waals surface area contributed by atoms with E-state index in [-0.39, 0.29) is 12.3 Å². The molecule has 2 N–H and O–H groups in total. The Morgan fingerprint density at radius 2 is 1.65 bits per heavy atom. The number of rotatable bonds is 7. The van der Waals surface area contributed by atoms with Crippen molar-refractivity contribution >= 4 is 23.3 Å². The normalized spacial score (nSPS) is 9.96. The molecule has 0 radical (unpaired) electrons. The van der Waals surface area contributed by atoms with E-state index in [9.17, 15) is 14.4 Å². The number of nitrogens with one attached hydrogen (secondary N) is 2. The Morgan fingerprint density at radius 1 is 0.923 bits per heavy atom. The molecule has 0 aromatic heterocycles. The second-order valence-electron chi connectivity index (χ2n) is 5.44. The first-order valence-electron chi connectivity index (χ1n) is 7.85. The van der Waals surface area contributed by atoms with Gasteiger partial charge in [0.2, 0.25) is 5.91 Å². The number of methoxy groups -OCH3 is 2. The molecular formula is C19H20N2O5. The number of hydrogen-bond acceptors (Lipinski definition) is 5. The number of ketones is 1. The van der Waals surface area contributed by atoms with Crippen LogP contribution in [0.15, 0.2) is 42.5 Å². The van der Waals surface area contributed by atoms with Gasteiger partial charge in [-0.05, 0) is 37.3 Å². The van der Waals surface area contributed by atoms with Crippen LogP contribution in [0.4, 0.5) is 5.69 Å². The van der Waals surface area contributed by atoms with Gasteiger partial charge in [-0.25, -0.2) is 0 Å². The number of amides is 2. The van der Waals surface area contributed by atoms with E-state index in [1.165, 1.54) is 27.2 Å². The summed E-state index contributed by atoms with van der Waals surface area (Å²) < 4.78 is 10.3. The van der Waals surface area contributed by atoms with Gasteiger partial charge in [-0.3, -0.25) is 14.4 Å². The molecule has 2 rings (SSSR count). The molecule has 136 valence electrons. The van der Waals surface area contributed by atoms with Gasteiger partial charge in [-0.2, -0.15) is 0 Å². The minimum atomic E-state index is -0.418. The highest BCUT2D eigenvalue weighted by molar-refractivity contribution is 6.00. The maximum Gasteiger partial charge on any atom is 0.251 e. The van der Waals surface area contributed by atoms with Gasteiger partial charge >= 0.3 is 0 Å². The zero-order chi connectivity index (χ0) is 19.1. The molecule has 0 aliphatic rings. The van der Waals surface area contributed by atoms with Crippen LogP contribution in [0.2, 0.25) is 0 Å². The number of benzene rings is 2. The Morgan fingerprint density at radius 3 is 2.31 bits per heavy atom. The number of carbonyl (C=O) groups excluding carboxylic acids is 3. The molecule has 0 saturated heterocycles. The molecule has 7 heteroatoms. The maximum atomic E-state index is 12.2. The van der Waals surface area contributed by atoms with E-state index in [0.29, 0.717) is 28.3 Å². The van der Waals surface area contributed by atoms with Crippen LogP contribution in [-0.4, -0.2) is 38.4 Å². The quantitative estimate of drug-likeness (QED) is 0.742. The van der Waals surface area contributed by atoms with Crippen molar-refractivity contribution in [3.8, 4) is 11.5 Å². The Kier molecular flexibility index (Phi) is 6.32. The summed E-state index contributed by atoms with van der Waals surface area (Å²) in [6.07, 6.45) is 0. The summed E-state index contributed by atoms with van der Waals surface area (Å²) in [7, 11) is 2.98. The minimum absolute atomic E-state index is 0.0946. The van der Waals surface area contributed by atoms with E-state index < -0.39 is 11.8 Å². The van der Waals surface area contributed by atoms with Crippen molar-refractivity contribution in [3.05, 3.63) is 53.6 Å². The van der Waals surface area contributed by atoms with Crippen molar-refractivity contribution in [2.75, 3.05) is 26.1 Å². The molecule has 0 fully saturated rings. The zero-order valence-electron chi connectivity index (χ0n) is 14.8. The molecule has 0 saturated carbocycles. The van der Waals surface area contributed by atoms with Crippen molar-refractivity contribution in [2.24, 2.45) is 0 Å². The molecule has 0 heterocycles. The molecule has 7 nitrogen and oxygen atoms in total. The molecule has 2 aromatic carbocycles. The third kappa shape index (κ3) is 4.83. The summed E-state index contributed by atoms with van der Waals surface area (Å²) in [4.78, 5) is 35.5. The van der Waals surface area contributed by atoms with Crippen molar-refractivity contribution in [1.82, 2.24) is 5.32 Å². The second-order valence-corrected chi connectivity index (χ2v) is 5.44. The third-order valence-corrected chi connectivity index (χ3v) is 3.61. The van der Waals surface area contributed by atoms with Crippen LogP contribution in [0, 0.1) is 0 Å². The average molecular weight is 356 g/mol. The molecule has 0 aliphatic carbocycles. The molecule has 2 aromatic rings. The monoisotopic (exact) mass is 356 g/mol. The van der Waals surface area contributed by atoms with Crippen molar-refractivity contribution in [3.63, 3.8) is 0 Å². The van der Waals surface area contributed by atoms with Crippen LogP contribution in [0.1, 0.15) is 27.6 Å². The third-order valence-electron chi connectivity index (χ3n) is 3.61. The summed E-state index contributed by atoms with van der Waals surface area (Å²) in [5.74, 6) is 0.0127. The molecular weight excluding hydrogens is 336 g/mol. The first-order chi connectivity index (χ1) is 12.4. The van der Waals surface area contributed by atoms with Gasteiger partial charge in [0.25, 0.3) is 5.91 Å².